The Kier molecular flexibility index (Phi) is 4.07. The first-order chi connectivity index (χ1) is 10.4. The van der Waals surface area contributed by atoms with Gasteiger partial charge in [0.25, 0.3) is 10.0 Å². The molecule has 1 aliphatic rings. The van der Waals surface area contributed by atoms with E-state index in [2.05, 4.69) is 0 Å². The third kappa shape index (κ3) is 2.58. The fraction of sp³-hybridized carbons (Fsp3) is 0.286. The van der Waals surface area contributed by atoms with Crippen LogP contribution in [0.3, 0.4) is 0 Å². The maximum Gasteiger partial charge on any atom is 0.273 e. The number of methoxy groups -OCH3 is 1. The summed E-state index contributed by atoms with van der Waals surface area (Å²) in [7, 11) is -2.16. The van der Waals surface area contributed by atoms with Crippen LogP contribution in [0, 0.1) is 0 Å². The number of sulfonamides is 1. The topological polar surface area (TPSA) is 66.8 Å². The Bertz CT molecular complexity index is 803. The lowest BCUT2D eigenvalue weighted by Crippen LogP contribution is -2.36. The lowest BCUT2D eigenvalue weighted by molar-refractivity contribution is 0.166. The third-order valence-electron chi connectivity index (χ3n) is 3.56. The van der Waals surface area contributed by atoms with Crippen molar-refractivity contribution in [2.45, 2.75) is 16.7 Å². The zero-order valence-electron chi connectivity index (χ0n) is 11.7. The maximum absolute atomic E-state index is 12.8. The van der Waals surface area contributed by atoms with Gasteiger partial charge >= 0.3 is 0 Å². The molecule has 8 heteroatoms. The van der Waals surface area contributed by atoms with Crippen molar-refractivity contribution in [2.75, 3.05) is 18.0 Å². The summed E-state index contributed by atoms with van der Waals surface area (Å²) in [6, 6.07) is 8.07. The molecule has 118 valence electrons. The molecule has 2 heterocycles. The highest BCUT2D eigenvalue weighted by Crippen LogP contribution is 2.40. The molecule has 1 unspecified atom stereocenters. The van der Waals surface area contributed by atoms with Crippen molar-refractivity contribution in [1.82, 2.24) is 0 Å². The van der Waals surface area contributed by atoms with Crippen LogP contribution in [0.2, 0.25) is 4.34 Å². The second-order valence-corrected chi connectivity index (χ2v) is 8.67. The zero-order valence-corrected chi connectivity index (χ0v) is 14.1. The molecule has 1 aliphatic heterocycles. The molecular weight excluding hydrogens is 346 g/mol. The van der Waals surface area contributed by atoms with E-state index in [9.17, 15) is 13.5 Å². The summed E-state index contributed by atoms with van der Waals surface area (Å²) in [6.07, 6.45) is -0.373. The van der Waals surface area contributed by atoms with Crippen molar-refractivity contribution < 1.29 is 18.3 Å². The Morgan fingerprint density at radius 2 is 2.14 bits per heavy atom. The smallest absolute Gasteiger partial charge is 0.273 e. The van der Waals surface area contributed by atoms with Crippen molar-refractivity contribution in [3.8, 4) is 5.75 Å². The Morgan fingerprint density at radius 3 is 2.77 bits per heavy atom. The molecule has 0 bridgehead atoms. The predicted octanol–water partition coefficient (Wildman–Crippen LogP) is 3.04. The Labute approximate surface area is 137 Å². The number of aliphatic hydroxyl groups is 1. The van der Waals surface area contributed by atoms with E-state index in [0.717, 1.165) is 11.3 Å². The molecule has 3 rings (SSSR count). The standard InChI is InChI=1S/C14H14ClNO4S2/c1-20-9-2-3-11-10(8-9)12(17)6-7-16(11)22(18,19)14-5-4-13(15)21-14/h2-5,8,12,17H,6-7H2,1H3. The van der Waals surface area contributed by atoms with Crippen molar-refractivity contribution in [1.29, 1.82) is 0 Å². The minimum absolute atomic E-state index is 0.190. The molecule has 0 saturated heterocycles. The van der Waals surface area contributed by atoms with Gasteiger partial charge in [-0.05, 0) is 36.8 Å². The largest absolute Gasteiger partial charge is 0.497 e. The summed E-state index contributed by atoms with van der Waals surface area (Å²) in [6.45, 7) is 0.221. The van der Waals surface area contributed by atoms with E-state index in [0.29, 0.717) is 27.8 Å². The number of halogens is 1. The predicted molar refractivity (Wildman–Crippen MR) is 86.4 cm³/mol. The van der Waals surface area contributed by atoms with Gasteiger partial charge in [-0.25, -0.2) is 8.42 Å². The highest BCUT2D eigenvalue weighted by atomic mass is 35.5. The van der Waals surface area contributed by atoms with Gasteiger partial charge in [-0.15, -0.1) is 11.3 Å². The fourth-order valence-electron chi connectivity index (χ4n) is 2.46. The van der Waals surface area contributed by atoms with E-state index >= 15 is 0 Å². The second-order valence-electron chi connectivity index (χ2n) is 4.86. The molecular formula is C14H14ClNO4S2. The summed E-state index contributed by atoms with van der Waals surface area (Å²) in [5, 5.41) is 10.1. The number of fused-ring (bicyclic) bond motifs is 1. The van der Waals surface area contributed by atoms with Crippen LogP contribution < -0.4 is 9.04 Å². The zero-order chi connectivity index (χ0) is 15.9. The van der Waals surface area contributed by atoms with Gasteiger partial charge in [0.2, 0.25) is 0 Å². The monoisotopic (exact) mass is 359 g/mol. The van der Waals surface area contributed by atoms with E-state index < -0.39 is 16.1 Å². The minimum Gasteiger partial charge on any atom is -0.497 e. The average Bonchev–Trinajstić information content (AvgIpc) is 2.94. The lowest BCUT2D eigenvalue weighted by Gasteiger charge is -2.32. The van der Waals surface area contributed by atoms with Crippen LogP contribution in [0.15, 0.2) is 34.5 Å². The van der Waals surface area contributed by atoms with Crippen LogP contribution in [-0.2, 0) is 10.0 Å². The van der Waals surface area contributed by atoms with Gasteiger partial charge in [0.1, 0.15) is 9.96 Å². The number of ether oxygens (including phenoxy) is 1. The van der Waals surface area contributed by atoms with E-state index in [1.165, 1.54) is 17.5 Å². The second kappa shape index (κ2) is 5.73. The van der Waals surface area contributed by atoms with Gasteiger partial charge in [0.15, 0.2) is 0 Å². The van der Waals surface area contributed by atoms with E-state index in [4.69, 9.17) is 16.3 Å². The Hall–Kier alpha value is -1.28. The number of rotatable bonds is 3. The SMILES string of the molecule is COc1ccc2c(c1)C(O)CCN2S(=O)(=O)c1ccc(Cl)s1. The van der Waals surface area contributed by atoms with Crippen molar-refractivity contribution in [3.63, 3.8) is 0 Å². The molecule has 1 atom stereocenters. The lowest BCUT2D eigenvalue weighted by atomic mass is 10.0. The summed E-state index contributed by atoms with van der Waals surface area (Å²) in [5.74, 6) is 0.580. The third-order valence-corrected chi connectivity index (χ3v) is 7.07. The molecule has 0 fully saturated rings. The van der Waals surface area contributed by atoms with Gasteiger partial charge < -0.3 is 9.84 Å². The molecule has 0 radical (unpaired) electrons. The summed E-state index contributed by atoms with van der Waals surface area (Å²) >= 11 is 6.87. The molecule has 0 aliphatic carbocycles. The highest BCUT2D eigenvalue weighted by molar-refractivity contribution is 7.94. The number of benzene rings is 1. The van der Waals surface area contributed by atoms with Crippen molar-refractivity contribution in [3.05, 3.63) is 40.2 Å². The summed E-state index contributed by atoms with van der Waals surface area (Å²) in [4.78, 5) is 0. The molecule has 1 aromatic heterocycles. The van der Waals surface area contributed by atoms with Gasteiger partial charge in [-0.3, -0.25) is 4.31 Å². The van der Waals surface area contributed by atoms with E-state index in [-0.39, 0.29) is 10.8 Å². The first-order valence-electron chi connectivity index (χ1n) is 6.57. The normalized spacial score (nSPS) is 18.1. The molecule has 0 saturated carbocycles. The highest BCUT2D eigenvalue weighted by Gasteiger charge is 2.33. The van der Waals surface area contributed by atoms with E-state index in [1.807, 2.05) is 0 Å². The van der Waals surface area contributed by atoms with Crippen LogP contribution in [0.4, 0.5) is 5.69 Å². The van der Waals surface area contributed by atoms with Crippen LogP contribution >= 0.6 is 22.9 Å². The molecule has 0 amide bonds. The number of hydrogen-bond donors (Lipinski definition) is 1. The van der Waals surface area contributed by atoms with Crippen molar-refractivity contribution >= 4 is 38.6 Å². The number of hydrogen-bond acceptors (Lipinski definition) is 5. The van der Waals surface area contributed by atoms with Crippen LogP contribution in [0.25, 0.3) is 0 Å². The van der Waals surface area contributed by atoms with Crippen molar-refractivity contribution in [2.24, 2.45) is 0 Å². The number of aliphatic hydroxyl groups excluding tert-OH is 1. The fourth-order valence-corrected chi connectivity index (χ4v) is 5.57. The maximum atomic E-state index is 12.8. The van der Waals surface area contributed by atoms with Gasteiger partial charge in [-0.2, -0.15) is 0 Å². The molecule has 0 spiro atoms. The Balaban J connectivity index is 2.09. The quantitative estimate of drug-likeness (QED) is 0.914. The number of thiophene rings is 1. The van der Waals surface area contributed by atoms with Crippen LogP contribution in [-0.4, -0.2) is 27.2 Å². The Morgan fingerprint density at radius 1 is 1.36 bits per heavy atom. The molecule has 1 N–H and O–H groups in total. The summed E-state index contributed by atoms with van der Waals surface area (Å²) < 4.78 is 32.6. The average molecular weight is 360 g/mol. The molecule has 5 nitrogen and oxygen atoms in total. The first kappa shape index (κ1) is 15.6. The number of nitrogens with zero attached hydrogens (tertiary/aromatic N) is 1. The van der Waals surface area contributed by atoms with Gasteiger partial charge in [0, 0.05) is 12.1 Å². The minimum atomic E-state index is -3.68. The van der Waals surface area contributed by atoms with Gasteiger partial charge in [0.05, 0.1) is 23.2 Å². The van der Waals surface area contributed by atoms with Gasteiger partial charge in [-0.1, -0.05) is 11.6 Å². The summed E-state index contributed by atoms with van der Waals surface area (Å²) in [5.41, 5.74) is 1.03. The van der Waals surface area contributed by atoms with E-state index in [1.54, 1.807) is 24.3 Å². The van der Waals surface area contributed by atoms with Crippen LogP contribution in [0.1, 0.15) is 18.1 Å². The molecule has 1 aromatic carbocycles. The molecule has 2 aromatic rings. The first-order valence-corrected chi connectivity index (χ1v) is 9.21. The number of anilines is 1. The van der Waals surface area contributed by atoms with Crippen LogP contribution in [0.5, 0.6) is 5.75 Å². The molecule has 22 heavy (non-hydrogen) atoms.